The second-order valence-electron chi connectivity index (χ2n) is 10.9. The van der Waals surface area contributed by atoms with Gasteiger partial charge >= 0.3 is 0 Å². The van der Waals surface area contributed by atoms with Gasteiger partial charge in [0.05, 0.1) is 60.6 Å². The van der Waals surface area contributed by atoms with Crippen molar-refractivity contribution in [3.63, 3.8) is 0 Å². The first-order chi connectivity index (χ1) is 39.6. The van der Waals surface area contributed by atoms with Gasteiger partial charge < -0.3 is 0 Å². The van der Waals surface area contributed by atoms with Crippen LogP contribution in [0, 0.1) is 0 Å². The Balaban J connectivity index is 1.41. The van der Waals surface area contributed by atoms with Crippen LogP contribution in [-0.4, -0.2) is 9.97 Å². The maximum atomic E-state index is 9.85. The van der Waals surface area contributed by atoms with Crippen molar-refractivity contribution < 1.29 is 43.9 Å². The molecule has 0 aliphatic heterocycles. The van der Waals surface area contributed by atoms with Gasteiger partial charge in [0.2, 0.25) is 0 Å². The third-order valence-electron chi connectivity index (χ3n) is 7.93. The first-order valence-electron chi connectivity index (χ1n) is 31.3. The highest BCUT2D eigenvalue weighted by molar-refractivity contribution is 7.20. The van der Waals surface area contributed by atoms with Gasteiger partial charge in [0.1, 0.15) is 0 Å². The molecule has 0 spiro atoms. The van der Waals surface area contributed by atoms with Crippen LogP contribution in [0.25, 0.3) is 98.1 Å². The Morgan fingerprint density at radius 2 is 0.868 bits per heavy atom. The lowest BCUT2D eigenvalue weighted by Gasteiger charge is -2.14. The molecule has 0 radical (unpaired) electrons. The van der Waals surface area contributed by atoms with E-state index in [0.717, 1.165) is 0 Å². The van der Waals surface area contributed by atoms with E-state index < -0.39 is 292 Å². The van der Waals surface area contributed by atoms with E-state index >= 15 is 0 Å². The molecule has 53 heavy (non-hydrogen) atoms. The van der Waals surface area contributed by atoms with Crippen LogP contribution in [0.1, 0.15) is 43.9 Å². The van der Waals surface area contributed by atoms with Gasteiger partial charge in [0.25, 0.3) is 0 Å². The molecule has 10 rings (SSSR count). The smallest absolute Gasteiger partial charge is 0.0972 e. The third kappa shape index (κ3) is 5.50. The van der Waals surface area contributed by atoms with Gasteiger partial charge in [-0.05, 0) is 56.2 Å². The van der Waals surface area contributed by atoms with Gasteiger partial charge in [0.15, 0.2) is 0 Å². The zero-order chi connectivity index (χ0) is 63.0. The van der Waals surface area contributed by atoms with E-state index in [2.05, 4.69) is 9.97 Å². The number of thiophene rings is 1. The lowest BCUT2D eigenvalue weighted by molar-refractivity contribution is 1.37. The maximum absolute atomic E-state index is 9.85. The minimum absolute atomic E-state index is 0.282. The van der Waals surface area contributed by atoms with Gasteiger partial charge in [-0.2, -0.15) is 0 Å². The maximum Gasteiger partial charge on any atom is 0.0972 e. The first-order valence-corrected chi connectivity index (χ1v) is 16.1. The molecule has 248 valence electrons. The summed E-state index contributed by atoms with van der Waals surface area (Å²) in [5.74, 6) is 0. The molecule has 0 bridgehead atoms. The summed E-state index contributed by atoms with van der Waals surface area (Å²) in [6.07, 6.45) is -0.797. The van der Waals surface area contributed by atoms with E-state index in [1.54, 1.807) is 0 Å². The van der Waals surface area contributed by atoms with E-state index in [1.807, 2.05) is 0 Å². The van der Waals surface area contributed by atoms with E-state index in [-0.39, 0.29) is 11.3 Å². The summed E-state index contributed by atoms with van der Waals surface area (Å²) < 4.78 is 287. The molecule has 0 aliphatic rings. The van der Waals surface area contributed by atoms with Crippen molar-refractivity contribution in [2.75, 3.05) is 0 Å². The summed E-state index contributed by atoms with van der Waals surface area (Å²) in [6, 6.07) is -30.7. The van der Waals surface area contributed by atoms with Crippen LogP contribution >= 0.6 is 11.3 Å². The second kappa shape index (κ2) is 13.1. The normalized spacial score (nSPS) is 19.8. The van der Waals surface area contributed by atoms with Crippen molar-refractivity contribution in [3.8, 4) is 65.5 Å². The van der Waals surface area contributed by atoms with E-state index in [9.17, 15) is 15.1 Å². The minimum Gasteiger partial charge on any atom is -0.254 e. The number of hydrogen-bond donors (Lipinski definition) is 0. The van der Waals surface area contributed by atoms with Gasteiger partial charge in [0, 0.05) is 43.4 Å². The molecule has 0 fully saturated rings. The number of aromatic nitrogens is 2. The van der Waals surface area contributed by atoms with Crippen molar-refractivity contribution in [2.24, 2.45) is 0 Å². The number of pyridine rings is 2. The number of benzene rings is 7. The van der Waals surface area contributed by atoms with Crippen LogP contribution in [0.15, 0.2) is 193 Å². The molecule has 0 amide bonds. The van der Waals surface area contributed by atoms with Gasteiger partial charge in [-0.1, -0.05) is 175 Å². The average molecular weight is 725 g/mol. The lowest BCUT2D eigenvalue weighted by atomic mass is 9.89. The molecule has 3 heteroatoms. The van der Waals surface area contributed by atoms with Crippen LogP contribution in [-0.2, 0) is 0 Å². The first kappa shape index (κ1) is 12.5. The van der Waals surface area contributed by atoms with Gasteiger partial charge in [-0.25, -0.2) is 4.98 Å². The molecule has 0 unspecified atom stereocenters. The van der Waals surface area contributed by atoms with Gasteiger partial charge in [-0.3, -0.25) is 4.98 Å². The topological polar surface area (TPSA) is 25.8 Å². The molecule has 10 aromatic rings. The number of rotatable bonds is 6. The predicted octanol–water partition coefficient (Wildman–Crippen LogP) is 14.0. The lowest BCUT2D eigenvalue weighted by Crippen LogP contribution is -1.91. The fourth-order valence-corrected chi connectivity index (χ4v) is 6.89. The van der Waals surface area contributed by atoms with Crippen LogP contribution in [0.3, 0.4) is 0 Å². The van der Waals surface area contributed by atoms with Crippen molar-refractivity contribution in [1.82, 2.24) is 9.97 Å². The SMILES string of the molecule is [2H]c1nc2c(c([2H])c1[2H])c([2H])c([2H])c1c([2H])c([2H])c(-c3c([2H])c([2H])c(-c4c([2H])c([2H])c(-c5c(-c6c([2H])c([2H])c([2H])c([2H])c6[2H])sc(-c6c([2H])c([2H])c([2H])c([2H])c6[2H])c5-c5c([2H])c([2H])c([2H])c([2H])c5[2H])c([2H])c4[2H])c4c([2H])c([2H])c([2H])c([2H])c34)nc12. The summed E-state index contributed by atoms with van der Waals surface area (Å²) in [6.45, 7) is 0. The number of nitrogens with zero attached hydrogens (tertiary/aromatic N) is 2. The molecule has 0 saturated carbocycles. The van der Waals surface area contributed by atoms with Crippen LogP contribution < -0.4 is 0 Å². The van der Waals surface area contributed by atoms with Crippen LogP contribution in [0.2, 0.25) is 0 Å². The molecule has 0 saturated heterocycles. The quantitative estimate of drug-likeness (QED) is 0.160. The molecule has 3 aromatic heterocycles. The molecule has 0 N–H and O–H groups in total. The highest BCUT2D eigenvalue weighted by Gasteiger charge is 2.23. The summed E-state index contributed by atoms with van der Waals surface area (Å²) in [7, 11) is 0. The fraction of sp³-hybridized carbons (Fsp3) is 0. The van der Waals surface area contributed by atoms with E-state index in [0.29, 0.717) is 0 Å². The predicted molar refractivity (Wildman–Crippen MR) is 225 cm³/mol. The van der Waals surface area contributed by atoms with Crippen LogP contribution in [0.5, 0.6) is 0 Å². The largest absolute Gasteiger partial charge is 0.254 e. The molecule has 2 nitrogen and oxygen atoms in total. The summed E-state index contributed by atoms with van der Waals surface area (Å²) >= 11 is 0.282. The minimum atomic E-state index is -1.21. The second-order valence-corrected chi connectivity index (χ2v) is 11.9. The molecule has 0 aliphatic carbocycles. The van der Waals surface area contributed by atoms with Crippen molar-refractivity contribution >= 4 is 43.9 Å². The summed E-state index contributed by atoms with van der Waals surface area (Å²) in [5, 5.41) is -2.54. The highest BCUT2D eigenvalue weighted by atomic mass is 32.1. The number of hydrogen-bond acceptors (Lipinski definition) is 3. The average Bonchev–Trinajstić information content (AvgIpc) is 2.06. The molecule has 3 heterocycles. The van der Waals surface area contributed by atoms with E-state index in [4.69, 9.17) is 28.8 Å². The molecule has 7 aromatic carbocycles. The highest BCUT2D eigenvalue weighted by Crippen LogP contribution is 2.52. The Hall–Kier alpha value is -6.68. The summed E-state index contributed by atoms with van der Waals surface area (Å²) in [4.78, 5) is 7.19. The van der Waals surface area contributed by atoms with E-state index in [1.165, 1.54) is 0 Å². The number of fused-ring (bicyclic) bond motifs is 4. The Morgan fingerprint density at radius 3 is 1.51 bits per heavy atom. The Morgan fingerprint density at radius 1 is 0.377 bits per heavy atom. The Labute approximate surface area is 357 Å². The zero-order valence-electron chi connectivity index (χ0n) is 58.3. The van der Waals surface area contributed by atoms with Gasteiger partial charge in [-0.15, -0.1) is 11.3 Å². The molecular weight excluding hydrogens is 661 g/mol. The molecular formula is C50H32N2S. The summed E-state index contributed by atoms with van der Waals surface area (Å²) in [5.41, 5.74) is -9.34. The third-order valence-corrected chi connectivity index (χ3v) is 9.15. The molecule has 0 atom stereocenters. The monoisotopic (exact) mass is 724 g/mol. The zero-order valence-corrected chi connectivity index (χ0v) is 27.1. The fourth-order valence-electron chi connectivity index (χ4n) is 5.66. The van der Waals surface area contributed by atoms with Crippen LogP contribution in [0.4, 0.5) is 0 Å². The Bertz CT molecular complexity index is 4690. The standard InChI is InChI=1S/C50H32N2S/c1-4-13-34(14-5-1)45-46(50(39-17-8-3-9-18-39)53-49(45)38-15-6-2-7-16-38)35-24-22-33(23-25-35)40-29-30-43(42-21-11-10-20-41(40)42)44-31-28-37-27-26-36-19-12-32-51-47(36)48(37)52-44/h1-32H/i1D,2D,3D,4D,5D,6D,7D,8D,9D,10D,11D,12D,13D,14D,15D,16D,17D,18D,19D,20D,21D,22D,23D,24D,25D,26D,27D,28D,29D,30D,31D,32D. The van der Waals surface area contributed by atoms with Crippen molar-refractivity contribution in [1.29, 1.82) is 0 Å². The van der Waals surface area contributed by atoms with Crippen molar-refractivity contribution in [2.45, 2.75) is 0 Å². The Kier molecular flexibility index (Phi) is 3.09. The van der Waals surface area contributed by atoms with Crippen molar-refractivity contribution in [3.05, 3.63) is 193 Å².